The van der Waals surface area contributed by atoms with Gasteiger partial charge in [0.25, 0.3) is 0 Å². The molecule has 5 aromatic rings. The Morgan fingerprint density at radius 1 is 0.672 bits per heavy atom. The van der Waals surface area contributed by atoms with Crippen LogP contribution in [0.15, 0.2) is 73.1 Å². The van der Waals surface area contributed by atoms with Gasteiger partial charge in [0.1, 0.15) is 23.7 Å². The van der Waals surface area contributed by atoms with Crippen LogP contribution in [-0.4, -0.2) is 106 Å². The molecule has 61 heavy (non-hydrogen) atoms. The zero-order chi connectivity index (χ0) is 42.6. The van der Waals surface area contributed by atoms with Crippen LogP contribution in [0.5, 0.6) is 0 Å². The first kappa shape index (κ1) is 41.5. The van der Waals surface area contributed by atoms with Crippen molar-refractivity contribution < 1.29 is 33.4 Å². The molecule has 3 fully saturated rings. The third-order valence-corrected chi connectivity index (χ3v) is 12.4. The molecule has 15 heteroatoms. The highest BCUT2D eigenvalue weighted by Gasteiger charge is 2.40. The molecular weight excluding hydrogens is 777 g/mol. The van der Waals surface area contributed by atoms with Gasteiger partial charge in [0.05, 0.1) is 50.1 Å². The smallest absolute Gasteiger partial charge is 0.407 e. The number of imidazole rings is 2. The lowest BCUT2D eigenvalue weighted by Gasteiger charge is -2.34. The van der Waals surface area contributed by atoms with Crippen molar-refractivity contribution in [2.75, 3.05) is 40.5 Å². The third kappa shape index (κ3) is 8.83. The molecule has 4 N–H and O–H groups in total. The van der Waals surface area contributed by atoms with Crippen molar-refractivity contribution in [3.63, 3.8) is 0 Å². The number of amides is 4. The number of aromatic amines is 2. The Morgan fingerprint density at radius 3 is 1.77 bits per heavy atom. The molecule has 3 saturated heterocycles. The minimum atomic E-state index is -0.690. The molecule has 4 amide bonds. The van der Waals surface area contributed by atoms with Crippen molar-refractivity contribution in [1.29, 1.82) is 0 Å². The van der Waals surface area contributed by atoms with E-state index in [1.807, 2.05) is 36.0 Å². The summed E-state index contributed by atoms with van der Waals surface area (Å²) in [7, 11) is 2.60. The van der Waals surface area contributed by atoms with Crippen LogP contribution < -0.4 is 10.6 Å². The molecular formula is C46H54N8O7. The van der Waals surface area contributed by atoms with E-state index in [-0.39, 0.29) is 35.7 Å². The van der Waals surface area contributed by atoms with E-state index in [0.717, 1.165) is 81.7 Å². The summed E-state index contributed by atoms with van der Waals surface area (Å²) in [5.41, 5.74) is 5.88. The molecule has 5 heterocycles. The lowest BCUT2D eigenvalue weighted by molar-refractivity contribution is -0.137. The van der Waals surface area contributed by atoms with E-state index in [4.69, 9.17) is 24.2 Å². The summed E-state index contributed by atoms with van der Waals surface area (Å²) in [6.45, 7) is 6.12. The predicted octanol–water partition coefficient (Wildman–Crippen LogP) is 7.15. The highest BCUT2D eigenvalue weighted by molar-refractivity contribution is 5.91. The van der Waals surface area contributed by atoms with Gasteiger partial charge in [-0.2, -0.15) is 0 Å². The molecule has 3 aliphatic rings. The van der Waals surface area contributed by atoms with Crippen LogP contribution in [-0.2, 0) is 23.8 Å². The van der Waals surface area contributed by atoms with Gasteiger partial charge in [-0.1, -0.05) is 62.4 Å². The van der Waals surface area contributed by atoms with Crippen LogP contribution in [0.25, 0.3) is 44.4 Å². The van der Waals surface area contributed by atoms with Crippen molar-refractivity contribution in [2.45, 2.75) is 76.5 Å². The van der Waals surface area contributed by atoms with Gasteiger partial charge in [-0.25, -0.2) is 19.6 Å². The fourth-order valence-corrected chi connectivity index (χ4v) is 9.04. The van der Waals surface area contributed by atoms with E-state index < -0.39 is 24.3 Å². The maximum absolute atomic E-state index is 14.0. The van der Waals surface area contributed by atoms with Crippen LogP contribution in [0.2, 0.25) is 0 Å². The number of alkyl carbamates (subject to hydrolysis) is 2. The average Bonchev–Trinajstić information content (AvgIpc) is 4.14. The van der Waals surface area contributed by atoms with Crippen LogP contribution in [0.1, 0.15) is 76.1 Å². The van der Waals surface area contributed by atoms with Crippen LogP contribution in [0.3, 0.4) is 0 Å². The molecule has 0 bridgehead atoms. The standard InChI is InChI=1S/C46H54N8O7/c1-27(2)39(51-45(57)59-3)43(55)53-19-5-7-37(53)42-48-26-36(50-42)34-16-15-32-23-31(13-14-33(32)24-34)28-9-11-29(12-10-28)35-25-47-41(49-35)38-8-6-20-54(38)44(56)40(52-46(58)60-4)30-17-21-61-22-18-30/h9-16,23-27,30,37-40H,5-8,17-22H2,1-4H3,(H,47,49)(H,48,50)(H,51,57)(H,52,58)/t37?,38?,39-,40+/m0/s1. The quantitative estimate of drug-likeness (QED) is 0.107. The minimum Gasteiger partial charge on any atom is -0.453 e. The number of carbonyl (C=O) groups excluding carboxylic acids is 4. The SMILES string of the molecule is COC(=O)N[C@H](C(=O)N1CCCC1c1ncc(-c2ccc3cc(-c4ccc(-c5cnc(C6CCCN6C(=O)[C@H](NC(=O)OC)C6CCOCC6)[nH]5)cc4)ccc3c2)[nH]1)C(C)C. The summed E-state index contributed by atoms with van der Waals surface area (Å²) in [6.07, 6.45) is 7.05. The molecule has 4 atom stereocenters. The molecule has 2 aromatic heterocycles. The molecule has 0 saturated carbocycles. The second-order valence-electron chi connectivity index (χ2n) is 16.5. The van der Waals surface area contributed by atoms with E-state index in [1.54, 1.807) is 0 Å². The Bertz CT molecular complexity index is 2370. The summed E-state index contributed by atoms with van der Waals surface area (Å²) < 4.78 is 15.2. The number of benzene rings is 3. The maximum atomic E-state index is 14.0. The number of hydrogen-bond acceptors (Lipinski definition) is 9. The van der Waals surface area contributed by atoms with Crippen molar-refractivity contribution in [1.82, 2.24) is 40.4 Å². The van der Waals surface area contributed by atoms with Gasteiger partial charge in [-0.05, 0) is 90.0 Å². The van der Waals surface area contributed by atoms with Crippen LogP contribution in [0.4, 0.5) is 9.59 Å². The van der Waals surface area contributed by atoms with E-state index in [0.29, 0.717) is 39.1 Å². The number of likely N-dealkylation sites (tertiary alicyclic amines) is 2. The Morgan fingerprint density at radius 2 is 1.18 bits per heavy atom. The van der Waals surface area contributed by atoms with Gasteiger partial charge in [-0.15, -0.1) is 0 Å². The number of aromatic nitrogens is 4. The van der Waals surface area contributed by atoms with Gasteiger partial charge >= 0.3 is 12.2 Å². The second-order valence-corrected chi connectivity index (χ2v) is 16.5. The number of hydrogen-bond donors (Lipinski definition) is 4. The van der Waals surface area contributed by atoms with Crippen molar-refractivity contribution in [3.8, 4) is 33.6 Å². The highest BCUT2D eigenvalue weighted by Crippen LogP contribution is 2.36. The van der Waals surface area contributed by atoms with Crippen LogP contribution in [0, 0.1) is 11.8 Å². The minimum absolute atomic E-state index is 0.0265. The largest absolute Gasteiger partial charge is 0.453 e. The summed E-state index contributed by atoms with van der Waals surface area (Å²) in [6, 6.07) is 19.3. The van der Waals surface area contributed by atoms with Crippen LogP contribution >= 0.6 is 0 Å². The Hall–Kier alpha value is -6.22. The van der Waals surface area contributed by atoms with Gasteiger partial charge in [0.15, 0.2) is 0 Å². The second kappa shape index (κ2) is 18.2. The first-order valence-electron chi connectivity index (χ1n) is 21.2. The fourth-order valence-electron chi connectivity index (χ4n) is 9.04. The van der Waals surface area contributed by atoms with Gasteiger partial charge < -0.3 is 44.6 Å². The van der Waals surface area contributed by atoms with Gasteiger partial charge in [-0.3, -0.25) is 9.59 Å². The van der Waals surface area contributed by atoms with Gasteiger partial charge in [0, 0.05) is 31.9 Å². The zero-order valence-electron chi connectivity index (χ0n) is 35.1. The maximum Gasteiger partial charge on any atom is 0.407 e. The molecule has 320 valence electrons. The number of fused-ring (bicyclic) bond motifs is 1. The van der Waals surface area contributed by atoms with Gasteiger partial charge in [0.2, 0.25) is 11.8 Å². The normalized spacial score (nSPS) is 19.2. The fraction of sp³-hybridized carbons (Fsp3) is 0.435. The molecule has 0 spiro atoms. The summed E-state index contributed by atoms with van der Waals surface area (Å²) in [4.78, 5) is 71.9. The third-order valence-electron chi connectivity index (χ3n) is 12.4. The Kier molecular flexibility index (Phi) is 12.4. The molecule has 15 nitrogen and oxygen atoms in total. The molecule has 2 unspecified atom stereocenters. The first-order chi connectivity index (χ1) is 29.6. The number of rotatable bonds is 11. The first-order valence-corrected chi connectivity index (χ1v) is 21.2. The number of nitrogens with one attached hydrogen (secondary N) is 4. The zero-order valence-corrected chi connectivity index (χ0v) is 35.1. The molecule has 3 aromatic carbocycles. The lowest BCUT2D eigenvalue weighted by Crippen LogP contribution is -2.53. The average molecular weight is 831 g/mol. The van der Waals surface area contributed by atoms with E-state index in [9.17, 15) is 19.2 Å². The van der Waals surface area contributed by atoms with E-state index in [2.05, 4.69) is 81.3 Å². The van der Waals surface area contributed by atoms with E-state index >= 15 is 0 Å². The summed E-state index contributed by atoms with van der Waals surface area (Å²) in [5, 5.41) is 7.71. The number of methoxy groups -OCH3 is 2. The topological polar surface area (TPSA) is 184 Å². The van der Waals surface area contributed by atoms with E-state index in [1.165, 1.54) is 14.2 Å². The molecule has 0 aliphatic carbocycles. The predicted molar refractivity (Wildman–Crippen MR) is 229 cm³/mol. The summed E-state index contributed by atoms with van der Waals surface area (Å²) >= 11 is 0. The monoisotopic (exact) mass is 830 g/mol. The highest BCUT2D eigenvalue weighted by atomic mass is 16.5. The number of carbonyl (C=O) groups is 4. The summed E-state index contributed by atoms with van der Waals surface area (Å²) in [5.74, 6) is 1.07. The molecule has 3 aliphatic heterocycles. The Balaban J connectivity index is 0.935. The number of H-pyrrole nitrogens is 2. The van der Waals surface area contributed by atoms with Crippen molar-refractivity contribution in [3.05, 3.63) is 84.7 Å². The number of nitrogens with zero attached hydrogens (tertiary/aromatic N) is 4. The number of ether oxygens (including phenoxy) is 3. The molecule has 0 radical (unpaired) electrons. The van der Waals surface area contributed by atoms with Crippen molar-refractivity contribution >= 4 is 34.8 Å². The Labute approximate surface area is 354 Å². The molecule has 8 rings (SSSR count). The lowest BCUT2D eigenvalue weighted by atomic mass is 9.90. The van der Waals surface area contributed by atoms with Crippen molar-refractivity contribution in [2.24, 2.45) is 11.8 Å².